The van der Waals surface area contributed by atoms with Crippen LogP contribution in [0.4, 0.5) is 0 Å². The number of allylic oxidation sites excluding steroid dienone is 8. The van der Waals surface area contributed by atoms with Gasteiger partial charge in [0.1, 0.15) is 0 Å². The van der Waals surface area contributed by atoms with Crippen molar-refractivity contribution in [2.24, 2.45) is 23.7 Å². The molecule has 0 aliphatic carbocycles. The first kappa shape index (κ1) is 69.2. The van der Waals surface area contributed by atoms with Gasteiger partial charge >= 0.3 is 17.1 Å². The minimum absolute atomic E-state index is 0.824. The third kappa shape index (κ3) is 41.6. The van der Waals surface area contributed by atoms with E-state index in [2.05, 4.69) is 117 Å². The van der Waals surface area contributed by atoms with Crippen LogP contribution in [0.3, 0.4) is 0 Å². The van der Waals surface area contributed by atoms with Crippen LogP contribution in [0.25, 0.3) is 0 Å². The number of hydrogen-bond donors (Lipinski definition) is 0. The number of rotatable bonds is 55. The normalized spacial score (nSPS) is 13.8. The zero-order chi connectivity index (χ0) is 51.5. The summed E-state index contributed by atoms with van der Waals surface area (Å²) >= 11 is 0. The molecule has 0 heterocycles. The molecule has 0 aliphatic rings. The standard InChI is InChI=1S/C64H126O4Si2/c1-11-19-23-27-31-35-39-45-55-65-69(9,66-56-46-40-36-32-28-24-20-12-2)59-49-43-51-63(61(15-5)16-6)53-54-64(62(17-7)18-8)52-44-50-60-70(10,67-57-47-41-37-33-29-25-21-13-3)68-58-48-42-38-34-30-26-22-14-4/h31-38,61-64H,11-30,39-60H2,1-10H3/b35-31-,36-32-,37-33-,38-34-. The largest absolute Gasteiger partial charge is 0.394 e. The maximum absolute atomic E-state index is 6.78. The molecule has 2 atom stereocenters. The summed E-state index contributed by atoms with van der Waals surface area (Å²) in [5.74, 6) is 3.31. The van der Waals surface area contributed by atoms with Crippen molar-refractivity contribution in [1.29, 1.82) is 0 Å². The Balaban J connectivity index is 5.52. The third-order valence-electron chi connectivity index (χ3n) is 15.5. The van der Waals surface area contributed by atoms with Gasteiger partial charge in [-0.3, -0.25) is 0 Å². The Hall–Kier alpha value is -0.766. The SMILES string of the molecule is CCCCC/C=C\CCCO[Si](C)(CCCCC(CCC(CCCC[Si](C)(OCCC/C=C\CCCCC)OCCC/C=C\CCCCC)C(CC)CC)C(CC)CC)OCCC/C=C\CCCCC. The second-order valence-electron chi connectivity index (χ2n) is 21.8. The van der Waals surface area contributed by atoms with Gasteiger partial charge in [0.25, 0.3) is 0 Å². The molecule has 4 nitrogen and oxygen atoms in total. The van der Waals surface area contributed by atoms with Crippen LogP contribution >= 0.6 is 0 Å². The van der Waals surface area contributed by atoms with Crippen LogP contribution in [0, 0.1) is 23.7 Å². The molecular formula is C64H126O4Si2. The summed E-state index contributed by atoms with van der Waals surface area (Å²) in [4.78, 5) is 0. The molecule has 0 aromatic rings. The molecule has 0 N–H and O–H groups in total. The quantitative estimate of drug-likeness (QED) is 0.0346. The summed E-state index contributed by atoms with van der Waals surface area (Å²) < 4.78 is 27.1. The van der Waals surface area contributed by atoms with Gasteiger partial charge in [-0.2, -0.15) is 0 Å². The van der Waals surface area contributed by atoms with Gasteiger partial charge in [-0.25, -0.2) is 0 Å². The van der Waals surface area contributed by atoms with E-state index in [4.69, 9.17) is 17.7 Å². The summed E-state index contributed by atoms with van der Waals surface area (Å²) in [6.45, 7) is 27.0. The van der Waals surface area contributed by atoms with E-state index in [0.29, 0.717) is 0 Å². The minimum Gasteiger partial charge on any atom is -0.394 e. The van der Waals surface area contributed by atoms with Gasteiger partial charge in [0, 0.05) is 26.4 Å². The van der Waals surface area contributed by atoms with E-state index < -0.39 is 17.1 Å². The lowest BCUT2D eigenvalue weighted by molar-refractivity contribution is 0.167. The Labute approximate surface area is 443 Å². The Morgan fingerprint density at radius 1 is 0.271 bits per heavy atom. The molecule has 0 radical (unpaired) electrons. The molecule has 0 rings (SSSR count). The first-order chi connectivity index (χ1) is 34.2. The zero-order valence-corrected chi connectivity index (χ0v) is 51.3. The minimum atomic E-state index is -2.24. The highest BCUT2D eigenvalue weighted by molar-refractivity contribution is 6.66. The smallest absolute Gasteiger partial charge is 0.334 e. The molecule has 0 saturated heterocycles. The highest BCUT2D eigenvalue weighted by Gasteiger charge is 2.33. The Kier molecular flexibility index (Phi) is 51.1. The fraction of sp³-hybridized carbons (Fsp3) is 0.875. The molecule has 0 amide bonds. The fourth-order valence-corrected chi connectivity index (χ4v) is 15.4. The van der Waals surface area contributed by atoms with E-state index in [1.807, 2.05) is 0 Å². The summed E-state index contributed by atoms with van der Waals surface area (Å²) in [6, 6.07) is 2.25. The molecule has 0 spiro atoms. The van der Waals surface area contributed by atoms with Crippen molar-refractivity contribution in [2.45, 2.75) is 312 Å². The maximum Gasteiger partial charge on any atom is 0.334 e. The van der Waals surface area contributed by atoms with Gasteiger partial charge in [0.15, 0.2) is 0 Å². The molecule has 0 fully saturated rings. The predicted octanol–water partition coefficient (Wildman–Crippen LogP) is 22.1. The Morgan fingerprint density at radius 3 is 0.743 bits per heavy atom. The van der Waals surface area contributed by atoms with E-state index >= 15 is 0 Å². The van der Waals surface area contributed by atoms with Gasteiger partial charge in [0.2, 0.25) is 0 Å². The first-order valence-corrected chi connectivity index (χ1v) is 36.4. The summed E-state index contributed by atoms with van der Waals surface area (Å²) in [7, 11) is -4.47. The van der Waals surface area contributed by atoms with E-state index in [1.54, 1.807) is 0 Å². The van der Waals surface area contributed by atoms with Crippen LogP contribution in [0.2, 0.25) is 25.2 Å². The molecule has 70 heavy (non-hydrogen) atoms. The average Bonchev–Trinajstić information content (AvgIpc) is 3.36. The second-order valence-corrected chi connectivity index (χ2v) is 28.5. The monoisotopic (exact) mass is 1010 g/mol. The van der Waals surface area contributed by atoms with Crippen LogP contribution < -0.4 is 0 Å². The van der Waals surface area contributed by atoms with E-state index in [-0.39, 0.29) is 0 Å². The van der Waals surface area contributed by atoms with Crippen molar-refractivity contribution >= 4 is 17.1 Å². The topological polar surface area (TPSA) is 36.9 Å². The molecule has 0 aromatic carbocycles. The summed E-state index contributed by atoms with van der Waals surface area (Å²) in [5.41, 5.74) is 0. The molecule has 0 saturated carbocycles. The van der Waals surface area contributed by atoms with Crippen molar-refractivity contribution in [2.75, 3.05) is 26.4 Å². The van der Waals surface area contributed by atoms with Crippen LogP contribution in [0.15, 0.2) is 48.6 Å². The van der Waals surface area contributed by atoms with E-state index in [1.165, 1.54) is 180 Å². The van der Waals surface area contributed by atoms with Crippen molar-refractivity contribution < 1.29 is 17.7 Å². The van der Waals surface area contributed by atoms with Crippen LogP contribution in [0.1, 0.15) is 287 Å². The Morgan fingerprint density at radius 2 is 0.514 bits per heavy atom. The molecule has 0 bridgehead atoms. The lowest BCUT2D eigenvalue weighted by Crippen LogP contribution is -2.39. The molecule has 0 aliphatic heterocycles. The zero-order valence-electron chi connectivity index (χ0n) is 49.3. The van der Waals surface area contributed by atoms with Crippen LogP contribution in [-0.2, 0) is 17.7 Å². The average molecular weight is 1020 g/mol. The Bertz CT molecular complexity index is 1030. The summed E-state index contributed by atoms with van der Waals surface area (Å²) in [6.07, 6.45) is 64.5. The first-order valence-electron chi connectivity index (χ1n) is 31.4. The van der Waals surface area contributed by atoms with Gasteiger partial charge in [-0.1, -0.05) is 220 Å². The van der Waals surface area contributed by atoms with Gasteiger partial charge in [0.05, 0.1) is 0 Å². The van der Waals surface area contributed by atoms with Crippen molar-refractivity contribution in [3.05, 3.63) is 48.6 Å². The van der Waals surface area contributed by atoms with E-state index in [9.17, 15) is 0 Å². The molecule has 0 aromatic heterocycles. The number of unbranched alkanes of at least 4 members (excludes halogenated alkanes) is 18. The predicted molar refractivity (Wildman–Crippen MR) is 319 cm³/mol. The van der Waals surface area contributed by atoms with Crippen molar-refractivity contribution in [3.63, 3.8) is 0 Å². The fourth-order valence-electron chi connectivity index (χ4n) is 10.6. The molecule has 2 unspecified atom stereocenters. The second kappa shape index (κ2) is 51.7. The highest BCUT2D eigenvalue weighted by Crippen LogP contribution is 2.36. The van der Waals surface area contributed by atoms with Crippen LogP contribution in [-0.4, -0.2) is 43.5 Å². The van der Waals surface area contributed by atoms with E-state index in [0.717, 1.165) is 114 Å². The lowest BCUT2D eigenvalue weighted by atomic mass is 9.75. The maximum atomic E-state index is 6.78. The molecular weight excluding hydrogens is 889 g/mol. The molecule has 414 valence electrons. The summed E-state index contributed by atoms with van der Waals surface area (Å²) in [5, 5.41) is 0. The number of hydrogen-bond acceptors (Lipinski definition) is 4. The van der Waals surface area contributed by atoms with Gasteiger partial charge < -0.3 is 17.7 Å². The highest BCUT2D eigenvalue weighted by atomic mass is 28.4. The van der Waals surface area contributed by atoms with Crippen LogP contribution in [0.5, 0.6) is 0 Å². The van der Waals surface area contributed by atoms with Gasteiger partial charge in [-0.05, 0) is 164 Å². The van der Waals surface area contributed by atoms with Crippen molar-refractivity contribution in [1.82, 2.24) is 0 Å². The third-order valence-corrected chi connectivity index (χ3v) is 21.3. The molecule has 6 heteroatoms. The van der Waals surface area contributed by atoms with Crippen molar-refractivity contribution in [3.8, 4) is 0 Å². The van der Waals surface area contributed by atoms with Gasteiger partial charge in [-0.15, -0.1) is 0 Å². The lowest BCUT2D eigenvalue weighted by Gasteiger charge is -2.31.